The van der Waals surface area contributed by atoms with Crippen molar-refractivity contribution in [3.8, 4) is 0 Å². The van der Waals surface area contributed by atoms with Gasteiger partial charge in [-0.05, 0) is 57.4 Å². The third-order valence-electron chi connectivity index (χ3n) is 3.26. The minimum Gasteiger partial charge on any atom is -0.357 e. The molecule has 0 amide bonds. The van der Waals surface area contributed by atoms with Crippen molar-refractivity contribution in [2.75, 3.05) is 25.0 Å². The van der Waals surface area contributed by atoms with Crippen LogP contribution >= 0.6 is 0 Å². The zero-order valence-corrected chi connectivity index (χ0v) is 11.2. The van der Waals surface area contributed by atoms with Gasteiger partial charge < -0.3 is 10.2 Å². The van der Waals surface area contributed by atoms with Gasteiger partial charge in [0.2, 0.25) is 0 Å². The zero-order chi connectivity index (χ0) is 12.3. The molecule has 3 nitrogen and oxygen atoms in total. The maximum absolute atomic E-state index is 4.67. The molecule has 3 heteroatoms. The largest absolute Gasteiger partial charge is 0.357 e. The molecule has 0 saturated heterocycles. The number of pyridine rings is 1. The first-order valence-corrected chi connectivity index (χ1v) is 6.60. The van der Waals surface area contributed by atoms with Crippen molar-refractivity contribution in [1.82, 2.24) is 10.3 Å². The quantitative estimate of drug-likeness (QED) is 0.817. The number of hydrogen-bond donors (Lipinski definition) is 1. The highest BCUT2D eigenvalue weighted by Crippen LogP contribution is 2.31. The van der Waals surface area contributed by atoms with Crippen LogP contribution < -0.4 is 10.2 Å². The van der Waals surface area contributed by atoms with Crippen molar-refractivity contribution in [3.05, 3.63) is 23.4 Å². The van der Waals surface area contributed by atoms with E-state index >= 15 is 0 Å². The summed E-state index contributed by atoms with van der Waals surface area (Å²) in [6.07, 6.45) is 2.79. The number of nitrogens with zero attached hydrogens (tertiary/aromatic N) is 2. The lowest BCUT2D eigenvalue weighted by molar-refractivity contribution is 0.727. The Morgan fingerprint density at radius 3 is 2.76 bits per heavy atom. The molecule has 0 atom stereocenters. The highest BCUT2D eigenvalue weighted by Gasteiger charge is 2.24. The topological polar surface area (TPSA) is 28.2 Å². The molecule has 0 aliphatic heterocycles. The van der Waals surface area contributed by atoms with Crippen molar-refractivity contribution in [2.45, 2.75) is 33.2 Å². The van der Waals surface area contributed by atoms with Crippen molar-refractivity contribution in [1.29, 1.82) is 0 Å². The van der Waals surface area contributed by atoms with Crippen LogP contribution in [0.3, 0.4) is 0 Å². The molecule has 0 aromatic carbocycles. The van der Waals surface area contributed by atoms with Crippen LogP contribution in [0, 0.1) is 12.8 Å². The van der Waals surface area contributed by atoms with Crippen LogP contribution in [0.25, 0.3) is 0 Å². The molecule has 1 heterocycles. The minimum atomic E-state index is 0.907. The third kappa shape index (κ3) is 3.43. The first-order chi connectivity index (χ1) is 8.22. The minimum absolute atomic E-state index is 0.907. The number of anilines is 1. The lowest BCUT2D eigenvalue weighted by Gasteiger charge is -2.23. The Kier molecular flexibility index (Phi) is 4.00. The molecule has 0 radical (unpaired) electrons. The summed E-state index contributed by atoms with van der Waals surface area (Å²) >= 11 is 0. The smallest absolute Gasteiger partial charge is 0.129 e. The summed E-state index contributed by atoms with van der Waals surface area (Å²) in [6.45, 7) is 7.42. The van der Waals surface area contributed by atoms with E-state index in [0.29, 0.717) is 0 Å². The molecule has 1 aliphatic rings. The highest BCUT2D eigenvalue weighted by molar-refractivity contribution is 5.42. The van der Waals surface area contributed by atoms with Crippen molar-refractivity contribution >= 4 is 5.82 Å². The summed E-state index contributed by atoms with van der Waals surface area (Å²) in [6, 6.07) is 4.38. The molecule has 94 valence electrons. The average Bonchev–Trinajstić information content (AvgIpc) is 3.09. The summed E-state index contributed by atoms with van der Waals surface area (Å²) in [5.74, 6) is 2.05. The molecule has 1 saturated carbocycles. The molecule has 17 heavy (non-hydrogen) atoms. The van der Waals surface area contributed by atoms with E-state index in [2.05, 4.69) is 41.2 Å². The Morgan fingerprint density at radius 1 is 1.41 bits per heavy atom. The van der Waals surface area contributed by atoms with E-state index in [9.17, 15) is 0 Å². The second-order valence-corrected chi connectivity index (χ2v) is 4.99. The lowest BCUT2D eigenvalue weighted by Crippen LogP contribution is -2.26. The fourth-order valence-corrected chi connectivity index (χ4v) is 2.19. The van der Waals surface area contributed by atoms with Crippen LogP contribution in [-0.4, -0.2) is 25.1 Å². The molecular formula is C14H23N3. The van der Waals surface area contributed by atoms with Gasteiger partial charge in [0.05, 0.1) is 0 Å². The Hall–Kier alpha value is -1.09. The third-order valence-corrected chi connectivity index (χ3v) is 3.26. The van der Waals surface area contributed by atoms with Crippen LogP contribution in [0.15, 0.2) is 12.1 Å². The summed E-state index contributed by atoms with van der Waals surface area (Å²) in [5, 5.41) is 3.20. The van der Waals surface area contributed by atoms with Crippen molar-refractivity contribution < 1.29 is 0 Å². The van der Waals surface area contributed by atoms with Crippen molar-refractivity contribution in [2.24, 2.45) is 5.92 Å². The second kappa shape index (κ2) is 5.50. The van der Waals surface area contributed by atoms with Crippen LogP contribution in [0.1, 0.15) is 31.0 Å². The van der Waals surface area contributed by atoms with E-state index in [1.807, 2.05) is 7.05 Å². The standard InChI is InChI=1S/C14H23N3/c1-4-17(10-12-5-6-12)14-8-13(9-15-3)7-11(2)16-14/h7-8,12,15H,4-6,9-10H2,1-3H3. The maximum Gasteiger partial charge on any atom is 0.129 e. The molecule has 0 bridgehead atoms. The van der Waals surface area contributed by atoms with Gasteiger partial charge in [0, 0.05) is 25.3 Å². The molecule has 1 N–H and O–H groups in total. The number of aromatic nitrogens is 1. The van der Waals surface area contributed by atoms with E-state index in [4.69, 9.17) is 0 Å². The Morgan fingerprint density at radius 2 is 2.18 bits per heavy atom. The van der Waals surface area contributed by atoms with Crippen molar-refractivity contribution in [3.63, 3.8) is 0 Å². The van der Waals surface area contributed by atoms with Gasteiger partial charge in [0.15, 0.2) is 0 Å². The maximum atomic E-state index is 4.67. The molecule has 0 unspecified atom stereocenters. The van der Waals surface area contributed by atoms with Gasteiger partial charge in [0.1, 0.15) is 5.82 Å². The van der Waals surface area contributed by atoms with E-state index in [-0.39, 0.29) is 0 Å². The Balaban J connectivity index is 2.15. The zero-order valence-electron chi connectivity index (χ0n) is 11.2. The summed E-state index contributed by atoms with van der Waals surface area (Å²) in [7, 11) is 1.98. The number of rotatable bonds is 6. The van der Waals surface area contributed by atoms with Gasteiger partial charge in [-0.25, -0.2) is 4.98 Å². The van der Waals surface area contributed by atoms with Crippen LogP contribution in [0.2, 0.25) is 0 Å². The molecular weight excluding hydrogens is 210 g/mol. The predicted molar refractivity (Wildman–Crippen MR) is 72.3 cm³/mol. The van der Waals surface area contributed by atoms with Gasteiger partial charge in [-0.2, -0.15) is 0 Å². The van der Waals surface area contributed by atoms with E-state index in [0.717, 1.165) is 30.5 Å². The molecule has 1 aromatic heterocycles. The fourth-order valence-electron chi connectivity index (χ4n) is 2.19. The molecule has 0 spiro atoms. The molecule has 2 rings (SSSR count). The number of hydrogen-bond acceptors (Lipinski definition) is 3. The molecule has 1 fully saturated rings. The van der Waals surface area contributed by atoms with Gasteiger partial charge >= 0.3 is 0 Å². The normalized spacial score (nSPS) is 15.0. The van der Waals surface area contributed by atoms with Crippen LogP contribution in [-0.2, 0) is 6.54 Å². The second-order valence-electron chi connectivity index (χ2n) is 4.99. The van der Waals surface area contributed by atoms with Crippen LogP contribution in [0.4, 0.5) is 5.82 Å². The Bertz CT molecular complexity index is 372. The van der Waals surface area contributed by atoms with Gasteiger partial charge in [-0.3, -0.25) is 0 Å². The summed E-state index contributed by atoms with van der Waals surface area (Å²) in [4.78, 5) is 7.07. The van der Waals surface area contributed by atoms with Gasteiger partial charge in [0.25, 0.3) is 0 Å². The average molecular weight is 233 g/mol. The number of aryl methyl sites for hydroxylation is 1. The Labute approximate surface area is 104 Å². The molecule has 1 aromatic rings. The van der Waals surface area contributed by atoms with E-state index < -0.39 is 0 Å². The van der Waals surface area contributed by atoms with E-state index in [1.165, 1.54) is 24.9 Å². The van der Waals surface area contributed by atoms with Gasteiger partial charge in [-0.1, -0.05) is 0 Å². The van der Waals surface area contributed by atoms with E-state index in [1.54, 1.807) is 0 Å². The first kappa shape index (κ1) is 12.4. The fraction of sp³-hybridized carbons (Fsp3) is 0.643. The molecule has 1 aliphatic carbocycles. The lowest BCUT2D eigenvalue weighted by atomic mass is 10.2. The SMILES string of the molecule is CCN(CC1CC1)c1cc(CNC)cc(C)n1. The summed E-state index contributed by atoms with van der Waals surface area (Å²) in [5.41, 5.74) is 2.44. The monoisotopic (exact) mass is 233 g/mol. The number of nitrogens with one attached hydrogen (secondary N) is 1. The first-order valence-electron chi connectivity index (χ1n) is 6.60. The predicted octanol–water partition coefficient (Wildman–Crippen LogP) is 2.35. The van der Waals surface area contributed by atoms with Crippen LogP contribution in [0.5, 0.6) is 0 Å². The van der Waals surface area contributed by atoms with Gasteiger partial charge in [-0.15, -0.1) is 0 Å². The highest BCUT2D eigenvalue weighted by atomic mass is 15.2. The summed E-state index contributed by atoms with van der Waals surface area (Å²) < 4.78 is 0.